The van der Waals surface area contributed by atoms with Crippen LogP contribution in [0.4, 0.5) is 0 Å². The van der Waals surface area contributed by atoms with Crippen LogP contribution < -0.4 is 0 Å². The molecule has 82 valence electrons. The Labute approximate surface area is 101 Å². The Morgan fingerprint density at radius 3 is 2.75 bits per heavy atom. The average Bonchev–Trinajstić information content (AvgIpc) is 2.29. The standard InChI is InChI=1S/C14H15NS/c1-11-5-6-14(12(2)8-11)16-10-13-4-3-7-15-9-13/h3-9H,10H2,1-2H3. The van der Waals surface area contributed by atoms with Gasteiger partial charge in [-0.25, -0.2) is 0 Å². The molecule has 0 aliphatic carbocycles. The summed E-state index contributed by atoms with van der Waals surface area (Å²) in [5.41, 5.74) is 3.95. The van der Waals surface area contributed by atoms with Gasteiger partial charge in [-0.1, -0.05) is 23.8 Å². The number of hydrogen-bond donors (Lipinski definition) is 0. The minimum absolute atomic E-state index is 0.984. The summed E-state index contributed by atoms with van der Waals surface area (Å²) in [4.78, 5) is 5.48. The van der Waals surface area contributed by atoms with Crippen LogP contribution in [0.15, 0.2) is 47.6 Å². The molecule has 16 heavy (non-hydrogen) atoms. The van der Waals surface area contributed by atoms with Crippen LogP contribution in [0.5, 0.6) is 0 Å². The third-order valence-corrected chi connectivity index (χ3v) is 3.69. The highest BCUT2D eigenvalue weighted by Crippen LogP contribution is 2.26. The summed E-state index contributed by atoms with van der Waals surface area (Å²) in [5.74, 6) is 0.984. The summed E-state index contributed by atoms with van der Waals surface area (Å²) in [5, 5.41) is 0. The predicted octanol–water partition coefficient (Wildman–Crippen LogP) is 3.99. The molecule has 0 saturated heterocycles. The fraction of sp³-hybridized carbons (Fsp3) is 0.214. The first kappa shape index (κ1) is 11.2. The van der Waals surface area contributed by atoms with Gasteiger partial charge in [-0.05, 0) is 37.1 Å². The maximum Gasteiger partial charge on any atom is 0.0308 e. The maximum atomic E-state index is 4.12. The molecule has 1 nitrogen and oxygen atoms in total. The Bertz CT molecular complexity index is 465. The minimum Gasteiger partial charge on any atom is -0.264 e. The molecule has 2 aromatic rings. The fourth-order valence-electron chi connectivity index (χ4n) is 1.61. The molecule has 0 spiro atoms. The van der Waals surface area contributed by atoms with Crippen LogP contribution in [0, 0.1) is 13.8 Å². The Morgan fingerprint density at radius 2 is 2.06 bits per heavy atom. The molecule has 0 bridgehead atoms. The lowest BCUT2D eigenvalue weighted by molar-refractivity contribution is 1.23. The number of nitrogens with zero attached hydrogens (tertiary/aromatic N) is 1. The van der Waals surface area contributed by atoms with Gasteiger partial charge in [-0.2, -0.15) is 0 Å². The molecule has 0 fully saturated rings. The third-order valence-electron chi connectivity index (χ3n) is 2.45. The highest BCUT2D eigenvalue weighted by atomic mass is 32.2. The zero-order chi connectivity index (χ0) is 11.4. The summed E-state index contributed by atoms with van der Waals surface area (Å²) in [7, 11) is 0. The molecule has 0 aliphatic rings. The van der Waals surface area contributed by atoms with E-state index in [0.717, 1.165) is 5.75 Å². The number of aromatic nitrogens is 1. The monoisotopic (exact) mass is 229 g/mol. The van der Waals surface area contributed by atoms with E-state index < -0.39 is 0 Å². The lowest BCUT2D eigenvalue weighted by atomic mass is 10.2. The average molecular weight is 229 g/mol. The molecule has 0 radical (unpaired) electrons. The third kappa shape index (κ3) is 2.86. The first-order valence-electron chi connectivity index (χ1n) is 5.34. The fourth-order valence-corrected chi connectivity index (χ4v) is 2.55. The van der Waals surface area contributed by atoms with Crippen molar-refractivity contribution in [1.29, 1.82) is 0 Å². The van der Waals surface area contributed by atoms with Gasteiger partial charge in [0, 0.05) is 23.0 Å². The van der Waals surface area contributed by atoms with E-state index in [4.69, 9.17) is 0 Å². The van der Waals surface area contributed by atoms with Crippen molar-refractivity contribution in [3.63, 3.8) is 0 Å². The molecular weight excluding hydrogens is 214 g/mol. The maximum absolute atomic E-state index is 4.12. The van der Waals surface area contributed by atoms with E-state index in [1.807, 2.05) is 30.2 Å². The van der Waals surface area contributed by atoms with Crippen molar-refractivity contribution >= 4 is 11.8 Å². The molecule has 2 rings (SSSR count). The van der Waals surface area contributed by atoms with Crippen molar-refractivity contribution in [2.45, 2.75) is 24.5 Å². The number of benzene rings is 1. The van der Waals surface area contributed by atoms with Crippen LogP contribution in [-0.2, 0) is 5.75 Å². The molecule has 0 unspecified atom stereocenters. The Kier molecular flexibility index (Phi) is 3.62. The van der Waals surface area contributed by atoms with E-state index in [1.54, 1.807) is 0 Å². The molecule has 2 heteroatoms. The van der Waals surface area contributed by atoms with Crippen LogP contribution >= 0.6 is 11.8 Å². The summed E-state index contributed by atoms with van der Waals surface area (Å²) in [6.07, 6.45) is 3.74. The Balaban J connectivity index is 2.05. The lowest BCUT2D eigenvalue weighted by Crippen LogP contribution is -1.85. The summed E-state index contributed by atoms with van der Waals surface area (Å²) in [6, 6.07) is 10.7. The van der Waals surface area contributed by atoms with Gasteiger partial charge in [0.25, 0.3) is 0 Å². The number of pyridine rings is 1. The van der Waals surface area contributed by atoms with Crippen molar-refractivity contribution < 1.29 is 0 Å². The first-order valence-corrected chi connectivity index (χ1v) is 6.33. The second-order valence-corrected chi connectivity index (χ2v) is 4.94. The molecule has 1 aromatic heterocycles. The topological polar surface area (TPSA) is 12.9 Å². The van der Waals surface area contributed by atoms with Crippen molar-refractivity contribution in [2.24, 2.45) is 0 Å². The van der Waals surface area contributed by atoms with E-state index in [2.05, 4.69) is 43.1 Å². The zero-order valence-electron chi connectivity index (χ0n) is 9.60. The Morgan fingerprint density at radius 1 is 1.19 bits per heavy atom. The number of thioether (sulfide) groups is 1. The van der Waals surface area contributed by atoms with Gasteiger partial charge in [0.15, 0.2) is 0 Å². The van der Waals surface area contributed by atoms with E-state index in [1.165, 1.54) is 21.6 Å². The number of aryl methyl sites for hydroxylation is 2. The van der Waals surface area contributed by atoms with Crippen LogP contribution in [0.3, 0.4) is 0 Å². The number of hydrogen-bond acceptors (Lipinski definition) is 2. The van der Waals surface area contributed by atoms with Gasteiger partial charge >= 0.3 is 0 Å². The van der Waals surface area contributed by atoms with Gasteiger partial charge in [0.2, 0.25) is 0 Å². The van der Waals surface area contributed by atoms with Crippen molar-refractivity contribution in [3.05, 3.63) is 59.4 Å². The SMILES string of the molecule is Cc1ccc(SCc2cccnc2)c(C)c1. The molecular formula is C14H15NS. The first-order chi connectivity index (χ1) is 7.75. The summed E-state index contributed by atoms with van der Waals surface area (Å²) in [6.45, 7) is 4.29. The van der Waals surface area contributed by atoms with Gasteiger partial charge in [-0.3, -0.25) is 4.98 Å². The van der Waals surface area contributed by atoms with Crippen LogP contribution in [-0.4, -0.2) is 4.98 Å². The molecule has 0 atom stereocenters. The van der Waals surface area contributed by atoms with Gasteiger partial charge in [0.1, 0.15) is 0 Å². The zero-order valence-corrected chi connectivity index (χ0v) is 10.4. The van der Waals surface area contributed by atoms with Gasteiger partial charge in [-0.15, -0.1) is 11.8 Å². The van der Waals surface area contributed by atoms with Crippen molar-refractivity contribution in [2.75, 3.05) is 0 Å². The largest absolute Gasteiger partial charge is 0.264 e. The lowest BCUT2D eigenvalue weighted by Gasteiger charge is -2.06. The van der Waals surface area contributed by atoms with Gasteiger partial charge < -0.3 is 0 Å². The van der Waals surface area contributed by atoms with E-state index >= 15 is 0 Å². The van der Waals surface area contributed by atoms with Crippen LogP contribution in [0.2, 0.25) is 0 Å². The van der Waals surface area contributed by atoms with Crippen molar-refractivity contribution in [1.82, 2.24) is 4.98 Å². The number of rotatable bonds is 3. The minimum atomic E-state index is 0.984. The molecule has 1 aromatic carbocycles. The van der Waals surface area contributed by atoms with E-state index in [-0.39, 0.29) is 0 Å². The van der Waals surface area contributed by atoms with Crippen LogP contribution in [0.25, 0.3) is 0 Å². The molecule has 0 amide bonds. The second kappa shape index (κ2) is 5.17. The van der Waals surface area contributed by atoms with E-state index in [0.29, 0.717) is 0 Å². The Hall–Kier alpha value is -1.28. The molecule has 0 saturated carbocycles. The molecule has 1 heterocycles. The predicted molar refractivity (Wildman–Crippen MR) is 69.7 cm³/mol. The van der Waals surface area contributed by atoms with Crippen LogP contribution in [0.1, 0.15) is 16.7 Å². The quantitative estimate of drug-likeness (QED) is 0.738. The second-order valence-electron chi connectivity index (χ2n) is 3.92. The highest BCUT2D eigenvalue weighted by Gasteiger charge is 2.00. The van der Waals surface area contributed by atoms with E-state index in [9.17, 15) is 0 Å². The summed E-state index contributed by atoms with van der Waals surface area (Å²) >= 11 is 1.87. The molecule has 0 aliphatic heterocycles. The van der Waals surface area contributed by atoms with Gasteiger partial charge in [0.05, 0.1) is 0 Å². The summed E-state index contributed by atoms with van der Waals surface area (Å²) < 4.78 is 0. The highest BCUT2D eigenvalue weighted by molar-refractivity contribution is 7.98. The smallest absolute Gasteiger partial charge is 0.0308 e. The van der Waals surface area contributed by atoms with Crippen molar-refractivity contribution in [3.8, 4) is 0 Å². The normalized spacial score (nSPS) is 10.4. The molecule has 0 N–H and O–H groups in total.